The van der Waals surface area contributed by atoms with E-state index in [0.29, 0.717) is 12.0 Å². The van der Waals surface area contributed by atoms with E-state index in [0.717, 1.165) is 22.3 Å². The first-order valence-corrected chi connectivity index (χ1v) is 6.24. The molecule has 3 nitrogen and oxygen atoms in total. The number of hydrogen-bond donors (Lipinski definition) is 0. The molecule has 0 aliphatic heterocycles. The van der Waals surface area contributed by atoms with Crippen molar-refractivity contribution in [1.29, 1.82) is 0 Å². The molecular formula is C11H14INO2. The number of hydrogen-bond acceptors (Lipinski definition) is 3. The van der Waals surface area contributed by atoms with Gasteiger partial charge in [-0.05, 0) is 60.4 Å². The second-order valence-corrected chi connectivity index (χ2v) is 4.77. The third-order valence-electron chi connectivity index (χ3n) is 2.58. The van der Waals surface area contributed by atoms with Gasteiger partial charge < -0.3 is 9.47 Å². The van der Waals surface area contributed by atoms with Gasteiger partial charge in [-0.2, -0.15) is 0 Å². The number of halogens is 1. The van der Waals surface area contributed by atoms with E-state index in [1.165, 1.54) is 12.8 Å². The molecule has 0 radical (unpaired) electrons. The Labute approximate surface area is 103 Å². The van der Waals surface area contributed by atoms with Gasteiger partial charge in [-0.25, -0.2) is 4.98 Å². The van der Waals surface area contributed by atoms with Crippen molar-refractivity contribution in [2.45, 2.75) is 31.8 Å². The predicted molar refractivity (Wildman–Crippen MR) is 66.4 cm³/mol. The quantitative estimate of drug-likeness (QED) is 0.634. The van der Waals surface area contributed by atoms with Crippen LogP contribution in [0.25, 0.3) is 0 Å². The molecule has 0 N–H and O–H groups in total. The van der Waals surface area contributed by atoms with Crippen molar-refractivity contribution in [1.82, 2.24) is 4.98 Å². The van der Waals surface area contributed by atoms with Crippen LogP contribution >= 0.6 is 22.6 Å². The maximum absolute atomic E-state index is 5.86. The van der Waals surface area contributed by atoms with Crippen LogP contribution in [0.2, 0.25) is 0 Å². The van der Waals surface area contributed by atoms with Gasteiger partial charge in [0.1, 0.15) is 3.70 Å². The summed E-state index contributed by atoms with van der Waals surface area (Å²) in [6.45, 7) is 0. The summed E-state index contributed by atoms with van der Waals surface area (Å²) in [5.74, 6) is 1.36. The number of pyridine rings is 1. The van der Waals surface area contributed by atoms with Crippen LogP contribution in [0, 0.1) is 3.70 Å². The predicted octanol–water partition coefficient (Wildman–Crippen LogP) is 3.02. The highest BCUT2D eigenvalue weighted by Crippen LogP contribution is 2.30. The lowest BCUT2D eigenvalue weighted by molar-refractivity contribution is 0.198. The highest BCUT2D eigenvalue weighted by Gasteiger charge is 2.18. The molecule has 0 amide bonds. The van der Waals surface area contributed by atoms with Gasteiger partial charge in [-0.3, -0.25) is 0 Å². The van der Waals surface area contributed by atoms with Crippen LogP contribution in [-0.2, 0) is 0 Å². The molecule has 15 heavy (non-hydrogen) atoms. The number of aromatic nitrogens is 1. The molecule has 0 unspecified atom stereocenters. The average Bonchev–Trinajstić information content (AvgIpc) is 2.73. The van der Waals surface area contributed by atoms with Gasteiger partial charge in [-0.15, -0.1) is 0 Å². The molecule has 4 heteroatoms. The summed E-state index contributed by atoms with van der Waals surface area (Å²) in [4.78, 5) is 4.27. The Bertz CT molecular complexity index is 337. The van der Waals surface area contributed by atoms with Crippen LogP contribution in [-0.4, -0.2) is 18.2 Å². The molecule has 1 aromatic rings. The number of nitrogens with zero attached hydrogens (tertiary/aromatic N) is 1. The van der Waals surface area contributed by atoms with Gasteiger partial charge in [-0.1, -0.05) is 0 Å². The largest absolute Gasteiger partial charge is 0.485 e. The second-order valence-electron chi connectivity index (χ2n) is 3.67. The fraction of sp³-hybridized carbons (Fsp3) is 0.545. The fourth-order valence-corrected chi connectivity index (χ4v) is 2.23. The first-order valence-electron chi connectivity index (χ1n) is 5.17. The number of rotatable bonds is 3. The van der Waals surface area contributed by atoms with Gasteiger partial charge in [0.2, 0.25) is 0 Å². The summed E-state index contributed by atoms with van der Waals surface area (Å²) >= 11 is 2.16. The molecular weight excluding hydrogens is 305 g/mol. The monoisotopic (exact) mass is 319 g/mol. The minimum atomic E-state index is 0.348. The van der Waals surface area contributed by atoms with Gasteiger partial charge in [0.25, 0.3) is 5.88 Å². The minimum Gasteiger partial charge on any atom is -0.485 e. The van der Waals surface area contributed by atoms with Gasteiger partial charge >= 0.3 is 0 Å². The molecule has 0 spiro atoms. The van der Waals surface area contributed by atoms with E-state index in [2.05, 4.69) is 27.6 Å². The summed E-state index contributed by atoms with van der Waals surface area (Å²) in [5.41, 5.74) is 0. The van der Waals surface area contributed by atoms with E-state index in [1.54, 1.807) is 7.11 Å². The lowest BCUT2D eigenvalue weighted by Gasteiger charge is -2.14. The van der Waals surface area contributed by atoms with E-state index in [1.807, 2.05) is 12.1 Å². The van der Waals surface area contributed by atoms with Crippen molar-refractivity contribution in [2.24, 2.45) is 0 Å². The Balaban J connectivity index is 2.12. The maximum Gasteiger partial charge on any atom is 0.257 e. The lowest BCUT2D eigenvalue weighted by Crippen LogP contribution is -2.12. The van der Waals surface area contributed by atoms with Crippen LogP contribution in [0.5, 0.6) is 11.6 Å². The summed E-state index contributed by atoms with van der Waals surface area (Å²) in [5, 5.41) is 0. The SMILES string of the molecule is COc1nc(I)ccc1OC1CCCC1. The summed E-state index contributed by atoms with van der Waals surface area (Å²) in [6, 6.07) is 3.87. The smallest absolute Gasteiger partial charge is 0.257 e. The molecule has 2 rings (SSSR count). The Morgan fingerprint density at radius 3 is 2.73 bits per heavy atom. The van der Waals surface area contributed by atoms with Crippen LogP contribution < -0.4 is 9.47 Å². The van der Waals surface area contributed by atoms with E-state index in [9.17, 15) is 0 Å². The second kappa shape index (κ2) is 5.01. The molecule has 1 aliphatic rings. The third-order valence-corrected chi connectivity index (χ3v) is 3.18. The van der Waals surface area contributed by atoms with Crippen molar-refractivity contribution in [2.75, 3.05) is 7.11 Å². The zero-order chi connectivity index (χ0) is 10.7. The highest BCUT2D eigenvalue weighted by atomic mass is 127. The molecule has 1 fully saturated rings. The van der Waals surface area contributed by atoms with E-state index < -0.39 is 0 Å². The number of methoxy groups -OCH3 is 1. The minimum absolute atomic E-state index is 0.348. The van der Waals surface area contributed by atoms with Crippen LogP contribution in [0.15, 0.2) is 12.1 Å². The summed E-state index contributed by atoms with van der Waals surface area (Å²) in [6.07, 6.45) is 5.18. The Morgan fingerprint density at radius 2 is 2.07 bits per heavy atom. The van der Waals surface area contributed by atoms with Gasteiger partial charge in [0, 0.05) is 0 Å². The molecule has 1 aromatic heterocycles. The first-order chi connectivity index (χ1) is 7.29. The topological polar surface area (TPSA) is 31.4 Å². The maximum atomic E-state index is 5.86. The normalized spacial score (nSPS) is 16.7. The Kier molecular flexibility index (Phi) is 3.66. The van der Waals surface area contributed by atoms with Crippen molar-refractivity contribution >= 4 is 22.6 Å². The fourth-order valence-electron chi connectivity index (χ4n) is 1.83. The molecule has 1 saturated carbocycles. The Morgan fingerprint density at radius 1 is 1.33 bits per heavy atom. The third kappa shape index (κ3) is 2.74. The number of ether oxygens (including phenoxy) is 2. The van der Waals surface area contributed by atoms with Gasteiger partial charge in [0.15, 0.2) is 5.75 Å². The average molecular weight is 319 g/mol. The zero-order valence-electron chi connectivity index (χ0n) is 8.70. The van der Waals surface area contributed by atoms with E-state index >= 15 is 0 Å². The molecule has 1 aliphatic carbocycles. The van der Waals surface area contributed by atoms with Crippen LogP contribution in [0.4, 0.5) is 0 Å². The summed E-state index contributed by atoms with van der Waals surface area (Å²) < 4.78 is 12.0. The standard InChI is InChI=1S/C11H14INO2/c1-14-11-9(6-7-10(12)13-11)15-8-4-2-3-5-8/h6-8H,2-5H2,1H3. The van der Waals surface area contributed by atoms with Crippen molar-refractivity contribution in [3.8, 4) is 11.6 Å². The van der Waals surface area contributed by atoms with Crippen molar-refractivity contribution < 1.29 is 9.47 Å². The molecule has 1 heterocycles. The van der Waals surface area contributed by atoms with Gasteiger partial charge in [0.05, 0.1) is 13.2 Å². The highest BCUT2D eigenvalue weighted by molar-refractivity contribution is 14.1. The van der Waals surface area contributed by atoms with Crippen LogP contribution in [0.1, 0.15) is 25.7 Å². The summed E-state index contributed by atoms with van der Waals surface area (Å²) in [7, 11) is 1.62. The molecule has 0 saturated heterocycles. The molecule has 0 atom stereocenters. The van der Waals surface area contributed by atoms with Crippen molar-refractivity contribution in [3.63, 3.8) is 0 Å². The molecule has 82 valence electrons. The molecule has 0 bridgehead atoms. The lowest BCUT2D eigenvalue weighted by atomic mass is 10.3. The first kappa shape index (κ1) is 11.0. The Hall–Kier alpha value is -0.520. The van der Waals surface area contributed by atoms with Crippen LogP contribution in [0.3, 0.4) is 0 Å². The van der Waals surface area contributed by atoms with E-state index in [-0.39, 0.29) is 0 Å². The molecule has 0 aromatic carbocycles. The van der Waals surface area contributed by atoms with E-state index in [4.69, 9.17) is 9.47 Å². The van der Waals surface area contributed by atoms with Crippen molar-refractivity contribution in [3.05, 3.63) is 15.8 Å². The zero-order valence-corrected chi connectivity index (χ0v) is 10.9.